The van der Waals surface area contributed by atoms with Crippen LogP contribution < -0.4 is 5.32 Å². The second-order valence-electron chi connectivity index (χ2n) is 3.86. The molecule has 0 radical (unpaired) electrons. The number of carbonyl (C=O) groups is 1. The molecule has 0 aliphatic rings. The van der Waals surface area contributed by atoms with Gasteiger partial charge in [0.1, 0.15) is 16.1 Å². The number of hydrogen-bond donors (Lipinski definition) is 1. The van der Waals surface area contributed by atoms with Crippen LogP contribution in [-0.4, -0.2) is 22.4 Å². The van der Waals surface area contributed by atoms with Gasteiger partial charge in [-0.3, -0.25) is 4.79 Å². The highest BCUT2D eigenvalue weighted by Crippen LogP contribution is 2.04. The zero-order chi connectivity index (χ0) is 13.7. The summed E-state index contributed by atoms with van der Waals surface area (Å²) >= 11 is 3.15. The van der Waals surface area contributed by atoms with Crippen molar-refractivity contribution < 1.29 is 9.18 Å². The Morgan fingerprint density at radius 1 is 1.21 bits per heavy atom. The molecule has 0 spiro atoms. The lowest BCUT2D eigenvalue weighted by molar-refractivity contribution is 0.0948. The molecule has 19 heavy (non-hydrogen) atoms. The first-order valence-corrected chi connectivity index (χ1v) is 6.44. The van der Waals surface area contributed by atoms with Gasteiger partial charge >= 0.3 is 0 Å². The van der Waals surface area contributed by atoms with E-state index < -0.39 is 0 Å². The van der Waals surface area contributed by atoms with Gasteiger partial charge in [0, 0.05) is 6.54 Å². The lowest BCUT2D eigenvalue weighted by Crippen LogP contribution is -2.26. The van der Waals surface area contributed by atoms with E-state index in [0.717, 1.165) is 5.56 Å². The Bertz CT molecular complexity index is 557. The van der Waals surface area contributed by atoms with Crippen LogP contribution in [0.4, 0.5) is 4.39 Å². The normalized spacial score (nSPS) is 10.2. The maximum absolute atomic E-state index is 12.7. The van der Waals surface area contributed by atoms with E-state index in [1.54, 1.807) is 12.1 Å². The first kappa shape index (κ1) is 13.6. The molecule has 0 fully saturated rings. The van der Waals surface area contributed by atoms with Crippen molar-refractivity contribution in [1.82, 2.24) is 15.3 Å². The highest BCUT2D eigenvalue weighted by atomic mass is 79.9. The fourth-order valence-electron chi connectivity index (χ4n) is 1.49. The van der Waals surface area contributed by atoms with Crippen LogP contribution >= 0.6 is 15.9 Å². The molecule has 1 heterocycles. The number of nitrogens with zero attached hydrogens (tertiary/aromatic N) is 2. The summed E-state index contributed by atoms with van der Waals surface area (Å²) < 4.78 is 13.3. The zero-order valence-electron chi connectivity index (χ0n) is 9.94. The lowest BCUT2D eigenvalue weighted by atomic mass is 10.1. The van der Waals surface area contributed by atoms with E-state index >= 15 is 0 Å². The molecule has 0 aliphatic carbocycles. The fourth-order valence-corrected chi connectivity index (χ4v) is 1.70. The first-order chi connectivity index (χ1) is 9.15. The number of rotatable bonds is 4. The molecule has 1 N–H and O–H groups in total. The molecular weight excluding hydrogens is 313 g/mol. The van der Waals surface area contributed by atoms with Crippen molar-refractivity contribution in [2.75, 3.05) is 6.54 Å². The quantitative estimate of drug-likeness (QED) is 0.939. The standard InChI is InChI=1S/C13H11BrFN3O/c14-12-8-17-11(7-18-12)13(19)16-6-5-9-1-3-10(15)4-2-9/h1-4,7-8H,5-6H2,(H,16,19). The molecule has 1 aromatic heterocycles. The molecule has 0 aliphatic heterocycles. The first-order valence-electron chi connectivity index (χ1n) is 5.65. The Labute approximate surface area is 118 Å². The largest absolute Gasteiger partial charge is 0.350 e. The van der Waals surface area contributed by atoms with Gasteiger partial charge in [-0.25, -0.2) is 14.4 Å². The molecule has 0 unspecified atom stereocenters. The third kappa shape index (κ3) is 4.10. The summed E-state index contributed by atoms with van der Waals surface area (Å²) in [6.07, 6.45) is 3.50. The van der Waals surface area contributed by atoms with E-state index in [4.69, 9.17) is 0 Å². The van der Waals surface area contributed by atoms with Gasteiger partial charge in [0.05, 0.1) is 12.4 Å². The summed E-state index contributed by atoms with van der Waals surface area (Å²) in [7, 11) is 0. The average molecular weight is 324 g/mol. The van der Waals surface area contributed by atoms with Gasteiger partial charge in [-0.1, -0.05) is 12.1 Å². The van der Waals surface area contributed by atoms with Crippen LogP contribution in [0.25, 0.3) is 0 Å². The van der Waals surface area contributed by atoms with Crippen molar-refractivity contribution in [3.05, 3.63) is 58.3 Å². The van der Waals surface area contributed by atoms with Gasteiger partial charge < -0.3 is 5.32 Å². The summed E-state index contributed by atoms with van der Waals surface area (Å²) in [5.41, 5.74) is 1.23. The van der Waals surface area contributed by atoms with Crippen molar-refractivity contribution >= 4 is 21.8 Å². The van der Waals surface area contributed by atoms with Crippen LogP contribution in [0.15, 0.2) is 41.3 Å². The molecule has 0 bridgehead atoms. The number of amides is 1. The van der Waals surface area contributed by atoms with E-state index in [2.05, 4.69) is 31.2 Å². The van der Waals surface area contributed by atoms with Crippen molar-refractivity contribution in [3.63, 3.8) is 0 Å². The van der Waals surface area contributed by atoms with Gasteiger partial charge in [-0.15, -0.1) is 0 Å². The van der Waals surface area contributed by atoms with Crippen molar-refractivity contribution in [3.8, 4) is 0 Å². The smallest absolute Gasteiger partial charge is 0.271 e. The molecule has 1 amide bonds. The summed E-state index contributed by atoms with van der Waals surface area (Å²) in [4.78, 5) is 19.6. The molecule has 0 saturated carbocycles. The number of benzene rings is 1. The molecule has 1 aromatic carbocycles. The van der Waals surface area contributed by atoms with Crippen LogP contribution in [0.2, 0.25) is 0 Å². The molecule has 2 aromatic rings. The zero-order valence-corrected chi connectivity index (χ0v) is 11.5. The third-order valence-electron chi connectivity index (χ3n) is 2.47. The second-order valence-corrected chi connectivity index (χ2v) is 4.67. The van der Waals surface area contributed by atoms with Gasteiger partial charge in [0.25, 0.3) is 5.91 Å². The minimum atomic E-state index is -0.276. The summed E-state index contributed by atoms with van der Waals surface area (Å²) in [6.45, 7) is 0.461. The van der Waals surface area contributed by atoms with Crippen LogP contribution in [0.5, 0.6) is 0 Å². The predicted molar refractivity (Wildman–Crippen MR) is 72.2 cm³/mol. The monoisotopic (exact) mass is 323 g/mol. The number of hydrogen-bond acceptors (Lipinski definition) is 3. The minimum Gasteiger partial charge on any atom is -0.350 e. The lowest BCUT2D eigenvalue weighted by Gasteiger charge is -2.04. The molecule has 2 rings (SSSR count). The Hall–Kier alpha value is -1.82. The summed E-state index contributed by atoms with van der Waals surface area (Å²) in [5.74, 6) is -0.542. The number of nitrogens with one attached hydrogen (secondary N) is 1. The van der Waals surface area contributed by atoms with E-state index in [0.29, 0.717) is 17.6 Å². The minimum absolute atomic E-state index is 0.266. The molecule has 0 atom stereocenters. The van der Waals surface area contributed by atoms with Crippen LogP contribution in [0, 0.1) is 5.82 Å². The highest BCUT2D eigenvalue weighted by molar-refractivity contribution is 9.10. The predicted octanol–water partition coefficient (Wildman–Crippen LogP) is 2.35. The van der Waals surface area contributed by atoms with Crippen LogP contribution in [0.3, 0.4) is 0 Å². The van der Waals surface area contributed by atoms with Crippen LogP contribution in [0.1, 0.15) is 16.1 Å². The van der Waals surface area contributed by atoms with E-state index in [1.165, 1.54) is 24.5 Å². The maximum atomic E-state index is 12.7. The summed E-state index contributed by atoms with van der Waals surface area (Å²) in [5, 5.41) is 2.73. The van der Waals surface area contributed by atoms with Crippen molar-refractivity contribution in [2.24, 2.45) is 0 Å². The summed E-state index contributed by atoms with van der Waals surface area (Å²) in [6, 6.07) is 6.19. The van der Waals surface area contributed by atoms with E-state index in [-0.39, 0.29) is 17.4 Å². The van der Waals surface area contributed by atoms with Crippen molar-refractivity contribution in [2.45, 2.75) is 6.42 Å². The molecule has 0 saturated heterocycles. The van der Waals surface area contributed by atoms with E-state index in [9.17, 15) is 9.18 Å². The van der Waals surface area contributed by atoms with E-state index in [1.807, 2.05) is 0 Å². The maximum Gasteiger partial charge on any atom is 0.271 e. The van der Waals surface area contributed by atoms with Crippen LogP contribution in [-0.2, 0) is 6.42 Å². The van der Waals surface area contributed by atoms with Gasteiger partial charge in [-0.2, -0.15) is 0 Å². The Kier molecular flexibility index (Phi) is 4.57. The molecule has 6 heteroatoms. The highest BCUT2D eigenvalue weighted by Gasteiger charge is 2.06. The third-order valence-corrected chi connectivity index (χ3v) is 2.87. The number of aromatic nitrogens is 2. The van der Waals surface area contributed by atoms with Gasteiger partial charge in [-0.05, 0) is 40.0 Å². The molecule has 98 valence electrons. The molecule has 4 nitrogen and oxygen atoms in total. The van der Waals surface area contributed by atoms with Gasteiger partial charge in [0.2, 0.25) is 0 Å². The topological polar surface area (TPSA) is 54.9 Å². The Balaban J connectivity index is 1.84. The Morgan fingerprint density at radius 2 is 1.95 bits per heavy atom. The van der Waals surface area contributed by atoms with Gasteiger partial charge in [0.15, 0.2) is 0 Å². The average Bonchev–Trinajstić information content (AvgIpc) is 2.41. The number of halogens is 2. The SMILES string of the molecule is O=C(NCCc1ccc(F)cc1)c1cnc(Br)cn1. The number of carbonyl (C=O) groups excluding carboxylic acids is 1. The van der Waals surface area contributed by atoms with Crippen molar-refractivity contribution in [1.29, 1.82) is 0 Å². The Morgan fingerprint density at radius 3 is 2.58 bits per heavy atom. The fraction of sp³-hybridized carbons (Fsp3) is 0.154. The molecular formula is C13H11BrFN3O. The second kappa shape index (κ2) is 6.38.